The van der Waals surface area contributed by atoms with Gasteiger partial charge < -0.3 is 19.3 Å². The number of aromatic nitrogens is 3. The Kier molecular flexibility index (Phi) is 8.30. The van der Waals surface area contributed by atoms with Crippen LogP contribution in [0.4, 0.5) is 4.39 Å². The summed E-state index contributed by atoms with van der Waals surface area (Å²) in [5.74, 6) is 0.233. The van der Waals surface area contributed by atoms with E-state index in [0.717, 1.165) is 0 Å². The number of halogens is 3. The second-order valence-electron chi connectivity index (χ2n) is 10.0. The van der Waals surface area contributed by atoms with E-state index in [2.05, 4.69) is 15.5 Å². The molecule has 1 N–H and O–H groups in total. The van der Waals surface area contributed by atoms with Crippen LogP contribution >= 0.6 is 23.2 Å². The van der Waals surface area contributed by atoms with Crippen molar-refractivity contribution in [3.63, 3.8) is 0 Å². The predicted octanol–water partition coefficient (Wildman–Crippen LogP) is 6.74. The topological polar surface area (TPSA) is 91.4 Å². The van der Waals surface area contributed by atoms with Gasteiger partial charge in [0.25, 0.3) is 11.8 Å². The molecule has 4 rings (SSSR count). The van der Waals surface area contributed by atoms with E-state index in [1.807, 2.05) is 34.6 Å². The number of fused-ring (bicyclic) bond motifs is 1. The third-order valence-electron chi connectivity index (χ3n) is 5.34. The molecule has 0 aliphatic carbocycles. The van der Waals surface area contributed by atoms with Crippen molar-refractivity contribution in [2.45, 2.75) is 59.3 Å². The summed E-state index contributed by atoms with van der Waals surface area (Å²) in [6, 6.07) is 8.22. The summed E-state index contributed by atoms with van der Waals surface area (Å²) in [7, 11) is 0. The molecule has 0 saturated heterocycles. The summed E-state index contributed by atoms with van der Waals surface area (Å²) in [6.07, 6.45) is 1.76. The number of benzene rings is 2. The summed E-state index contributed by atoms with van der Waals surface area (Å²) in [5.41, 5.74) is 0.959. The molecule has 0 saturated carbocycles. The van der Waals surface area contributed by atoms with Gasteiger partial charge in [0.05, 0.1) is 28.1 Å². The number of carbonyl (C=O) groups is 1. The molecule has 0 aliphatic heterocycles. The lowest BCUT2D eigenvalue weighted by Crippen LogP contribution is -2.26. The maximum Gasteiger partial charge on any atom is 0.307 e. The number of nitrogens with zero attached hydrogens (tertiary/aromatic N) is 3. The van der Waals surface area contributed by atoms with Crippen LogP contribution in [0.2, 0.25) is 10.0 Å². The van der Waals surface area contributed by atoms with Crippen molar-refractivity contribution < 1.29 is 23.2 Å². The minimum Gasteiger partial charge on any atom is -0.489 e. The van der Waals surface area contributed by atoms with Gasteiger partial charge in [-0.2, -0.15) is 4.98 Å². The van der Waals surface area contributed by atoms with Crippen LogP contribution < -0.4 is 10.1 Å². The van der Waals surface area contributed by atoms with Crippen molar-refractivity contribution in [3.05, 3.63) is 58.0 Å². The van der Waals surface area contributed by atoms with Crippen molar-refractivity contribution in [1.82, 2.24) is 20.0 Å². The van der Waals surface area contributed by atoms with Crippen LogP contribution in [0.5, 0.6) is 5.75 Å². The van der Waals surface area contributed by atoms with Gasteiger partial charge in [-0.25, -0.2) is 4.39 Å². The minimum atomic E-state index is -0.544. The van der Waals surface area contributed by atoms with Crippen LogP contribution in [-0.2, 0) is 16.1 Å². The second-order valence-corrected chi connectivity index (χ2v) is 10.8. The van der Waals surface area contributed by atoms with Crippen LogP contribution in [0.3, 0.4) is 0 Å². The standard InChI is InChI=1S/C27H29Cl2FN4O4/c1-15(2)36-23-7-6-16(11-19(23)28)25-32-26(33-38-25)34-14-20(29)18-10-17(21(30)12-22(18)34)13-31-9-8-24(35)37-27(3,4)5/h6-7,10-12,14-15,31H,8-9,13H2,1-5H3. The summed E-state index contributed by atoms with van der Waals surface area (Å²) in [6.45, 7) is 9.82. The summed E-state index contributed by atoms with van der Waals surface area (Å²) in [4.78, 5) is 16.3. The van der Waals surface area contributed by atoms with Gasteiger partial charge in [-0.15, -0.1) is 0 Å². The van der Waals surface area contributed by atoms with E-state index in [1.54, 1.807) is 35.0 Å². The Morgan fingerprint density at radius 1 is 1.18 bits per heavy atom. The van der Waals surface area contributed by atoms with E-state index in [1.165, 1.54) is 6.07 Å². The summed E-state index contributed by atoms with van der Waals surface area (Å²) >= 11 is 12.8. The molecule has 0 amide bonds. The Labute approximate surface area is 230 Å². The molecule has 2 aromatic carbocycles. The van der Waals surface area contributed by atoms with Gasteiger partial charge in [0.2, 0.25) is 0 Å². The van der Waals surface area contributed by atoms with Crippen molar-refractivity contribution in [3.8, 4) is 23.2 Å². The Morgan fingerprint density at radius 2 is 1.95 bits per heavy atom. The van der Waals surface area contributed by atoms with Gasteiger partial charge in [0.15, 0.2) is 0 Å². The third kappa shape index (κ3) is 6.64. The van der Waals surface area contributed by atoms with E-state index in [4.69, 9.17) is 37.2 Å². The zero-order valence-corrected chi connectivity index (χ0v) is 23.3. The summed E-state index contributed by atoms with van der Waals surface area (Å²) in [5, 5.41) is 8.56. The molecular formula is C27H29Cl2FN4O4. The number of hydrogen-bond acceptors (Lipinski definition) is 7. The Morgan fingerprint density at radius 3 is 2.63 bits per heavy atom. The van der Waals surface area contributed by atoms with Crippen molar-refractivity contribution in [2.75, 3.05) is 6.54 Å². The van der Waals surface area contributed by atoms with Gasteiger partial charge in [0.1, 0.15) is 17.2 Å². The lowest BCUT2D eigenvalue weighted by molar-refractivity contribution is -0.154. The fourth-order valence-electron chi connectivity index (χ4n) is 3.77. The highest BCUT2D eigenvalue weighted by Crippen LogP contribution is 2.33. The van der Waals surface area contributed by atoms with Gasteiger partial charge >= 0.3 is 5.97 Å². The van der Waals surface area contributed by atoms with Crippen LogP contribution in [0.25, 0.3) is 28.3 Å². The quantitative estimate of drug-likeness (QED) is 0.178. The van der Waals surface area contributed by atoms with Gasteiger partial charge in [-0.05, 0) is 70.1 Å². The van der Waals surface area contributed by atoms with Gasteiger partial charge in [0, 0.05) is 35.8 Å². The fourth-order valence-corrected chi connectivity index (χ4v) is 4.25. The highest BCUT2D eigenvalue weighted by atomic mass is 35.5. The molecule has 11 heteroatoms. The van der Waals surface area contributed by atoms with E-state index in [-0.39, 0.29) is 36.9 Å². The predicted molar refractivity (Wildman–Crippen MR) is 144 cm³/mol. The maximum absolute atomic E-state index is 15.0. The van der Waals surface area contributed by atoms with Crippen LogP contribution in [-0.4, -0.2) is 38.9 Å². The maximum atomic E-state index is 15.0. The molecule has 2 heterocycles. The zero-order chi connectivity index (χ0) is 27.6. The molecule has 0 atom stereocenters. The number of rotatable bonds is 9. The van der Waals surface area contributed by atoms with Crippen molar-refractivity contribution >= 4 is 40.1 Å². The number of esters is 1. The molecule has 38 heavy (non-hydrogen) atoms. The first-order valence-electron chi connectivity index (χ1n) is 12.1. The smallest absolute Gasteiger partial charge is 0.307 e. The van der Waals surface area contributed by atoms with Gasteiger partial charge in [-0.3, -0.25) is 9.36 Å². The highest BCUT2D eigenvalue weighted by Gasteiger charge is 2.19. The molecule has 0 radical (unpaired) electrons. The minimum absolute atomic E-state index is 0.0194. The van der Waals surface area contributed by atoms with E-state index in [0.29, 0.717) is 44.4 Å². The van der Waals surface area contributed by atoms with Crippen LogP contribution in [0, 0.1) is 5.82 Å². The lowest BCUT2D eigenvalue weighted by atomic mass is 10.1. The first-order valence-corrected chi connectivity index (χ1v) is 12.9. The largest absolute Gasteiger partial charge is 0.489 e. The average Bonchev–Trinajstić information content (AvgIpc) is 3.42. The molecule has 0 aliphatic rings. The molecule has 4 aromatic rings. The van der Waals surface area contributed by atoms with E-state index < -0.39 is 11.4 Å². The second kappa shape index (κ2) is 11.3. The monoisotopic (exact) mass is 562 g/mol. The van der Waals surface area contributed by atoms with Crippen molar-refractivity contribution in [2.24, 2.45) is 0 Å². The number of nitrogens with one attached hydrogen (secondary N) is 1. The van der Waals surface area contributed by atoms with Crippen molar-refractivity contribution in [1.29, 1.82) is 0 Å². The van der Waals surface area contributed by atoms with Crippen LogP contribution in [0.15, 0.2) is 41.1 Å². The Hall–Kier alpha value is -3.14. The molecule has 8 nitrogen and oxygen atoms in total. The first kappa shape index (κ1) is 27.9. The van der Waals surface area contributed by atoms with E-state index in [9.17, 15) is 9.18 Å². The van der Waals surface area contributed by atoms with Crippen LogP contribution in [0.1, 0.15) is 46.6 Å². The fraction of sp³-hybridized carbons (Fsp3) is 0.370. The number of ether oxygens (including phenoxy) is 2. The molecule has 0 unspecified atom stereocenters. The highest BCUT2D eigenvalue weighted by molar-refractivity contribution is 6.35. The third-order valence-corrected chi connectivity index (χ3v) is 5.93. The summed E-state index contributed by atoms with van der Waals surface area (Å²) < 4.78 is 32.9. The Balaban J connectivity index is 1.50. The molecule has 202 valence electrons. The number of hydrogen-bond donors (Lipinski definition) is 1. The Bertz CT molecular complexity index is 1460. The zero-order valence-electron chi connectivity index (χ0n) is 21.8. The molecule has 0 bridgehead atoms. The molecule has 0 fully saturated rings. The normalized spacial score (nSPS) is 11.9. The molecule has 2 aromatic heterocycles. The number of carbonyl (C=O) groups excluding carboxylic acids is 1. The van der Waals surface area contributed by atoms with E-state index >= 15 is 0 Å². The first-order chi connectivity index (χ1) is 17.9. The molecular weight excluding hydrogens is 534 g/mol. The lowest BCUT2D eigenvalue weighted by Gasteiger charge is -2.19. The SMILES string of the molecule is CC(C)Oc1ccc(-c2nc(-n3cc(Cl)c4cc(CNCCC(=O)OC(C)(C)C)c(F)cc43)no2)cc1Cl. The molecule has 0 spiro atoms. The average molecular weight is 563 g/mol. The van der Waals surface area contributed by atoms with Gasteiger partial charge in [-0.1, -0.05) is 23.2 Å².